The molecule has 0 aliphatic carbocycles. The number of pyridine rings is 1. The molecule has 0 aromatic carbocycles. The first-order valence-corrected chi connectivity index (χ1v) is 2.25. The summed E-state index contributed by atoms with van der Waals surface area (Å²) in [5.74, 6) is 0. The van der Waals surface area contributed by atoms with Crippen LogP contribution in [-0.4, -0.2) is 4.98 Å². The highest BCUT2D eigenvalue weighted by Gasteiger charge is 1.75. The monoisotopic (exact) mass is 114 g/mol. The van der Waals surface area contributed by atoms with Crippen molar-refractivity contribution in [3.05, 3.63) is 29.5 Å². The van der Waals surface area contributed by atoms with Crippen LogP contribution in [0.15, 0.2) is 24.5 Å². The fourth-order valence-electron chi connectivity index (χ4n) is 0.299. The fraction of sp³-hybridized carbons (Fsp3) is 0. The lowest BCUT2D eigenvalue weighted by Crippen LogP contribution is -1.63. The molecular formula is C5H4ClN. The third-order valence-corrected chi connectivity index (χ3v) is 0.820. The Balaban J connectivity index is 3.08. The molecule has 1 aromatic rings. The number of hydrogen-bond donors (Lipinski definition) is 0. The molecule has 0 aliphatic rings. The molecule has 0 spiro atoms. The summed E-state index contributed by atoms with van der Waals surface area (Å²) < 4.78 is 6.94. The second kappa shape index (κ2) is 1.94. The summed E-state index contributed by atoms with van der Waals surface area (Å²) in [5.41, 5.74) is 0. The summed E-state index contributed by atoms with van der Waals surface area (Å²) in [5, 5.41) is 0.560. The van der Waals surface area contributed by atoms with Crippen molar-refractivity contribution in [3.63, 3.8) is 0 Å². The minimum Gasteiger partial charge on any atom is -0.265 e. The predicted octanol–water partition coefficient (Wildman–Crippen LogP) is 1.73. The zero-order chi connectivity index (χ0) is 5.98. The number of hydrogen-bond acceptors (Lipinski definition) is 1. The number of rotatable bonds is 0. The third kappa shape index (κ3) is 1.16. The third-order valence-electron chi connectivity index (χ3n) is 0.585. The van der Waals surface area contributed by atoms with Crippen molar-refractivity contribution >= 4 is 11.6 Å². The number of halogens is 1. The molecule has 2 heteroatoms. The summed E-state index contributed by atoms with van der Waals surface area (Å²) in [7, 11) is 0. The molecule has 36 valence electrons. The first-order valence-electron chi connectivity index (χ1n) is 2.37. The second-order valence-electron chi connectivity index (χ2n) is 1.10. The van der Waals surface area contributed by atoms with Gasteiger partial charge in [-0.15, -0.1) is 0 Å². The molecular weight excluding hydrogens is 110 g/mol. The minimum absolute atomic E-state index is 0.206. The molecule has 1 rings (SSSR count). The number of nitrogens with zero attached hydrogens (tertiary/aromatic N) is 1. The molecule has 0 N–H and O–H groups in total. The van der Waals surface area contributed by atoms with Crippen molar-refractivity contribution in [2.45, 2.75) is 0 Å². The highest BCUT2D eigenvalue weighted by atomic mass is 35.5. The van der Waals surface area contributed by atoms with Crippen LogP contribution in [0.2, 0.25) is 5.02 Å². The lowest BCUT2D eigenvalue weighted by Gasteiger charge is -1.79. The summed E-state index contributed by atoms with van der Waals surface area (Å²) in [4.78, 5) is 3.62. The largest absolute Gasteiger partial charge is 0.265 e. The van der Waals surface area contributed by atoms with Crippen molar-refractivity contribution in [2.75, 3.05) is 0 Å². The lowest BCUT2D eigenvalue weighted by atomic mass is 10.5. The molecule has 0 radical (unpaired) electrons. The van der Waals surface area contributed by atoms with E-state index in [4.69, 9.17) is 13.0 Å². The SMILES string of the molecule is [2H]c1cc(Cl)ccn1. The van der Waals surface area contributed by atoms with Gasteiger partial charge >= 0.3 is 0 Å². The van der Waals surface area contributed by atoms with E-state index >= 15 is 0 Å². The first-order chi connectivity index (χ1) is 3.79. The average Bonchev–Trinajstić information content (AvgIpc) is 1.64. The highest BCUT2D eigenvalue weighted by Crippen LogP contribution is 2.01. The second-order valence-corrected chi connectivity index (χ2v) is 1.54. The van der Waals surface area contributed by atoms with E-state index in [2.05, 4.69) is 4.98 Å². The van der Waals surface area contributed by atoms with Crippen molar-refractivity contribution in [1.29, 1.82) is 0 Å². The maximum absolute atomic E-state index is 6.94. The van der Waals surface area contributed by atoms with Gasteiger partial charge in [-0.3, -0.25) is 4.98 Å². The van der Waals surface area contributed by atoms with Gasteiger partial charge < -0.3 is 0 Å². The Morgan fingerprint density at radius 3 is 3.00 bits per heavy atom. The van der Waals surface area contributed by atoms with Gasteiger partial charge in [-0.05, 0) is 12.1 Å². The van der Waals surface area contributed by atoms with Crippen LogP contribution in [-0.2, 0) is 0 Å². The molecule has 0 saturated heterocycles. The Morgan fingerprint density at radius 1 is 1.71 bits per heavy atom. The van der Waals surface area contributed by atoms with E-state index in [-0.39, 0.29) is 6.17 Å². The fourth-order valence-corrected chi connectivity index (χ4v) is 0.404. The van der Waals surface area contributed by atoms with Crippen LogP contribution in [0.25, 0.3) is 0 Å². The normalized spacial score (nSPS) is 10.7. The standard InChI is InChI=1S/C5H4ClN/c6-5-1-3-7-4-2-5/h1-4H/i3D. The Labute approximate surface area is 48.4 Å². The van der Waals surface area contributed by atoms with Gasteiger partial charge in [0.15, 0.2) is 0 Å². The van der Waals surface area contributed by atoms with E-state index in [0.717, 1.165) is 0 Å². The summed E-state index contributed by atoms with van der Waals surface area (Å²) in [6.07, 6.45) is 1.71. The molecule has 1 heterocycles. The van der Waals surface area contributed by atoms with Gasteiger partial charge in [0.05, 0.1) is 1.37 Å². The van der Waals surface area contributed by atoms with Crippen LogP contribution < -0.4 is 0 Å². The van der Waals surface area contributed by atoms with E-state index in [1.165, 1.54) is 12.3 Å². The van der Waals surface area contributed by atoms with Crippen molar-refractivity contribution in [2.24, 2.45) is 0 Å². The van der Waals surface area contributed by atoms with Crippen LogP contribution in [0.1, 0.15) is 1.37 Å². The molecule has 0 atom stereocenters. The quantitative estimate of drug-likeness (QED) is 0.501. The van der Waals surface area contributed by atoms with Crippen molar-refractivity contribution in [1.82, 2.24) is 4.98 Å². The first kappa shape index (κ1) is 3.44. The summed E-state index contributed by atoms with van der Waals surface area (Å²) in [6, 6.07) is 3.13. The molecule has 1 aromatic heterocycles. The van der Waals surface area contributed by atoms with Crippen LogP contribution in [0.3, 0.4) is 0 Å². The smallest absolute Gasteiger partial charge is 0.0840 e. The van der Waals surface area contributed by atoms with Gasteiger partial charge in [-0.1, -0.05) is 11.6 Å². The zero-order valence-electron chi connectivity index (χ0n) is 4.56. The lowest BCUT2D eigenvalue weighted by molar-refractivity contribution is 1.33. The van der Waals surface area contributed by atoms with E-state index < -0.39 is 0 Å². The van der Waals surface area contributed by atoms with Crippen LogP contribution in [0, 0.1) is 0 Å². The van der Waals surface area contributed by atoms with Gasteiger partial charge in [-0.2, -0.15) is 0 Å². The van der Waals surface area contributed by atoms with E-state index in [1.807, 2.05) is 0 Å². The molecule has 0 aliphatic heterocycles. The molecule has 0 unspecified atom stereocenters. The van der Waals surface area contributed by atoms with Gasteiger partial charge in [0.25, 0.3) is 0 Å². The summed E-state index contributed by atoms with van der Waals surface area (Å²) >= 11 is 5.48. The average molecular weight is 115 g/mol. The highest BCUT2D eigenvalue weighted by molar-refractivity contribution is 6.30. The Kier molecular flexibility index (Phi) is 0.953. The maximum atomic E-state index is 6.94. The minimum atomic E-state index is 0.206. The summed E-state index contributed by atoms with van der Waals surface area (Å²) in [6.45, 7) is 0. The predicted molar refractivity (Wildman–Crippen MR) is 29.2 cm³/mol. The molecule has 0 amide bonds. The van der Waals surface area contributed by atoms with E-state index in [0.29, 0.717) is 5.02 Å². The maximum Gasteiger partial charge on any atom is 0.0840 e. The van der Waals surface area contributed by atoms with Crippen molar-refractivity contribution < 1.29 is 1.37 Å². The van der Waals surface area contributed by atoms with Crippen molar-refractivity contribution in [3.8, 4) is 0 Å². The zero-order valence-corrected chi connectivity index (χ0v) is 4.31. The molecule has 1 nitrogen and oxygen atoms in total. The van der Waals surface area contributed by atoms with Gasteiger partial charge in [0, 0.05) is 17.4 Å². The Morgan fingerprint density at radius 2 is 2.57 bits per heavy atom. The van der Waals surface area contributed by atoms with E-state index in [1.54, 1.807) is 6.07 Å². The molecule has 0 fully saturated rings. The van der Waals surface area contributed by atoms with Gasteiger partial charge in [-0.25, -0.2) is 0 Å². The molecule has 0 bridgehead atoms. The Hall–Kier alpha value is -0.560. The van der Waals surface area contributed by atoms with E-state index in [9.17, 15) is 0 Å². The van der Waals surface area contributed by atoms with Crippen LogP contribution in [0.5, 0.6) is 0 Å². The van der Waals surface area contributed by atoms with Gasteiger partial charge in [0.2, 0.25) is 0 Å². The van der Waals surface area contributed by atoms with Crippen LogP contribution >= 0.6 is 11.6 Å². The Bertz CT molecular complexity index is 172. The van der Waals surface area contributed by atoms with Crippen LogP contribution in [0.4, 0.5) is 0 Å². The topological polar surface area (TPSA) is 12.9 Å². The molecule has 7 heavy (non-hydrogen) atoms. The van der Waals surface area contributed by atoms with Gasteiger partial charge in [0.1, 0.15) is 0 Å². The molecule has 0 saturated carbocycles. The number of aromatic nitrogens is 1.